The highest BCUT2D eigenvalue weighted by molar-refractivity contribution is 5.93. The summed E-state index contributed by atoms with van der Waals surface area (Å²) in [5.74, 6) is 0.872. The third-order valence-electron chi connectivity index (χ3n) is 5.82. The van der Waals surface area contributed by atoms with E-state index in [-0.39, 0.29) is 11.7 Å². The molecule has 0 atom stereocenters. The first kappa shape index (κ1) is 18.8. The molecule has 1 N–H and O–H groups in total. The lowest BCUT2D eigenvalue weighted by atomic mass is 9.89. The van der Waals surface area contributed by atoms with Gasteiger partial charge >= 0.3 is 0 Å². The summed E-state index contributed by atoms with van der Waals surface area (Å²) < 4.78 is 15.4. The molecule has 0 spiro atoms. The molecule has 0 bridgehead atoms. The van der Waals surface area contributed by atoms with Crippen LogP contribution in [0, 0.1) is 11.7 Å². The predicted octanol–water partition coefficient (Wildman–Crippen LogP) is 4.86. The van der Waals surface area contributed by atoms with Crippen molar-refractivity contribution < 1.29 is 9.18 Å². The Hall–Kier alpha value is -2.56. The van der Waals surface area contributed by atoms with Gasteiger partial charge in [-0.15, -0.1) is 0 Å². The maximum Gasteiger partial charge on any atom is 0.270 e. The molecule has 148 valence electrons. The maximum absolute atomic E-state index is 13.4. The van der Waals surface area contributed by atoms with Gasteiger partial charge in [0, 0.05) is 43.4 Å². The number of aromatic amines is 1. The second-order valence-electron chi connectivity index (χ2n) is 8.44. The number of hydrogen-bond acceptors (Lipinski definition) is 1. The standard InChI is InChI=1S/C23H28FN3O/c1-15(2)10-16-11-22(26(3)14-16)23(28)27-8-6-17(7-9-27)20-13-25-21-12-18(24)4-5-19(20)21/h4-5,11-15,17,25H,6-10H2,1-3H3. The molecular weight excluding hydrogens is 353 g/mol. The summed E-state index contributed by atoms with van der Waals surface area (Å²) in [4.78, 5) is 18.2. The first-order valence-corrected chi connectivity index (χ1v) is 10.1. The number of halogens is 1. The number of H-pyrrole nitrogens is 1. The number of likely N-dealkylation sites (tertiary alicyclic amines) is 1. The highest BCUT2D eigenvalue weighted by atomic mass is 19.1. The number of nitrogens with one attached hydrogen (secondary N) is 1. The van der Waals surface area contributed by atoms with Gasteiger partial charge in [-0.1, -0.05) is 13.8 Å². The van der Waals surface area contributed by atoms with Crippen molar-refractivity contribution in [1.82, 2.24) is 14.5 Å². The third kappa shape index (κ3) is 3.58. The lowest BCUT2D eigenvalue weighted by Gasteiger charge is -2.32. The van der Waals surface area contributed by atoms with Gasteiger partial charge in [-0.05, 0) is 66.5 Å². The van der Waals surface area contributed by atoms with Gasteiger partial charge in [0.25, 0.3) is 5.91 Å². The largest absolute Gasteiger partial charge is 0.361 e. The molecule has 0 unspecified atom stereocenters. The van der Waals surface area contributed by atoms with E-state index in [0.29, 0.717) is 11.8 Å². The van der Waals surface area contributed by atoms with Gasteiger partial charge in [-0.2, -0.15) is 0 Å². The fourth-order valence-corrected chi connectivity index (χ4v) is 4.44. The Morgan fingerprint density at radius 1 is 1.25 bits per heavy atom. The average Bonchev–Trinajstić information content (AvgIpc) is 3.23. The first-order chi connectivity index (χ1) is 13.4. The lowest BCUT2D eigenvalue weighted by Crippen LogP contribution is -2.38. The Balaban J connectivity index is 1.45. The Morgan fingerprint density at radius 2 is 2.00 bits per heavy atom. The molecule has 4 rings (SSSR count). The van der Waals surface area contributed by atoms with Gasteiger partial charge in [-0.25, -0.2) is 4.39 Å². The number of fused-ring (bicyclic) bond motifs is 1. The van der Waals surface area contributed by atoms with E-state index in [4.69, 9.17) is 0 Å². The number of carbonyl (C=O) groups is 1. The average molecular weight is 381 g/mol. The van der Waals surface area contributed by atoms with Crippen LogP contribution in [0.2, 0.25) is 0 Å². The number of rotatable bonds is 4. The number of nitrogens with zero attached hydrogens (tertiary/aromatic N) is 2. The highest BCUT2D eigenvalue weighted by Crippen LogP contribution is 2.33. The number of carbonyl (C=O) groups excluding carboxylic acids is 1. The fraction of sp³-hybridized carbons (Fsp3) is 0.435. The second-order valence-corrected chi connectivity index (χ2v) is 8.44. The van der Waals surface area contributed by atoms with Crippen LogP contribution in [0.5, 0.6) is 0 Å². The van der Waals surface area contributed by atoms with Crippen LogP contribution in [0.1, 0.15) is 54.2 Å². The zero-order chi connectivity index (χ0) is 19.8. The molecule has 1 aromatic carbocycles. The Bertz CT molecular complexity index is 993. The van der Waals surface area contributed by atoms with Crippen LogP contribution in [0.25, 0.3) is 10.9 Å². The van der Waals surface area contributed by atoms with E-state index in [1.807, 2.05) is 34.8 Å². The third-order valence-corrected chi connectivity index (χ3v) is 5.82. The molecule has 28 heavy (non-hydrogen) atoms. The molecule has 1 amide bonds. The van der Waals surface area contributed by atoms with E-state index in [2.05, 4.69) is 25.0 Å². The van der Waals surface area contributed by atoms with Crippen LogP contribution in [0.3, 0.4) is 0 Å². The van der Waals surface area contributed by atoms with Crippen LogP contribution in [0.4, 0.5) is 4.39 Å². The van der Waals surface area contributed by atoms with Crippen molar-refractivity contribution in [3.63, 3.8) is 0 Å². The number of hydrogen-bond donors (Lipinski definition) is 1. The fourth-order valence-electron chi connectivity index (χ4n) is 4.44. The van der Waals surface area contributed by atoms with E-state index in [1.165, 1.54) is 17.2 Å². The van der Waals surface area contributed by atoms with Crippen LogP contribution >= 0.6 is 0 Å². The normalized spacial score (nSPS) is 15.7. The van der Waals surface area contributed by atoms with Crippen molar-refractivity contribution in [3.8, 4) is 0 Å². The molecule has 0 saturated carbocycles. The molecule has 4 nitrogen and oxygen atoms in total. The van der Waals surface area contributed by atoms with Crippen molar-refractivity contribution in [2.75, 3.05) is 13.1 Å². The number of piperidine rings is 1. The van der Waals surface area contributed by atoms with Gasteiger partial charge in [-0.3, -0.25) is 4.79 Å². The minimum Gasteiger partial charge on any atom is -0.361 e. The molecular formula is C23H28FN3O. The molecule has 3 heterocycles. The molecule has 2 aromatic heterocycles. The van der Waals surface area contributed by atoms with Crippen LogP contribution in [-0.2, 0) is 13.5 Å². The SMILES string of the molecule is CC(C)Cc1cc(C(=O)N2CCC(c3c[nH]c4cc(F)ccc34)CC2)n(C)c1. The molecule has 0 aliphatic carbocycles. The minimum absolute atomic E-state index is 0.122. The van der Waals surface area contributed by atoms with Gasteiger partial charge < -0.3 is 14.5 Å². The predicted molar refractivity (Wildman–Crippen MR) is 110 cm³/mol. The second kappa shape index (κ2) is 7.46. The van der Waals surface area contributed by atoms with Gasteiger partial charge in [0.2, 0.25) is 0 Å². The van der Waals surface area contributed by atoms with E-state index in [9.17, 15) is 9.18 Å². The summed E-state index contributed by atoms with van der Waals surface area (Å²) in [6.07, 6.45) is 6.93. The molecule has 1 aliphatic heterocycles. The first-order valence-electron chi connectivity index (χ1n) is 10.1. The minimum atomic E-state index is -0.222. The van der Waals surface area contributed by atoms with Crippen molar-refractivity contribution in [1.29, 1.82) is 0 Å². The summed E-state index contributed by atoms with van der Waals surface area (Å²) in [5.41, 5.74) is 4.08. The van der Waals surface area contributed by atoms with Crippen LogP contribution < -0.4 is 0 Å². The van der Waals surface area contributed by atoms with Crippen molar-refractivity contribution >= 4 is 16.8 Å². The number of aromatic nitrogens is 2. The molecule has 3 aromatic rings. The van der Waals surface area contributed by atoms with Crippen molar-refractivity contribution in [3.05, 3.63) is 59.3 Å². The zero-order valence-electron chi connectivity index (χ0n) is 16.8. The van der Waals surface area contributed by atoms with Gasteiger partial charge in [0.15, 0.2) is 0 Å². The summed E-state index contributed by atoms with van der Waals surface area (Å²) in [5, 5.41) is 1.09. The lowest BCUT2D eigenvalue weighted by molar-refractivity contribution is 0.0703. The molecule has 1 aliphatic rings. The Kier molecular flexibility index (Phi) is 5.00. The quantitative estimate of drug-likeness (QED) is 0.689. The number of benzene rings is 1. The zero-order valence-corrected chi connectivity index (χ0v) is 16.8. The molecule has 1 fully saturated rings. The Morgan fingerprint density at radius 3 is 2.71 bits per heavy atom. The van der Waals surface area contributed by atoms with Gasteiger partial charge in [0.1, 0.15) is 11.5 Å². The summed E-state index contributed by atoms with van der Waals surface area (Å²) in [7, 11) is 1.95. The van der Waals surface area contributed by atoms with E-state index in [0.717, 1.165) is 48.9 Å². The Labute approximate surface area is 165 Å². The van der Waals surface area contributed by atoms with E-state index < -0.39 is 0 Å². The number of amides is 1. The number of aryl methyl sites for hydroxylation is 1. The van der Waals surface area contributed by atoms with E-state index >= 15 is 0 Å². The molecule has 0 radical (unpaired) electrons. The summed E-state index contributed by atoms with van der Waals surface area (Å²) in [6.45, 7) is 5.89. The van der Waals surface area contributed by atoms with Crippen LogP contribution in [0.15, 0.2) is 36.7 Å². The van der Waals surface area contributed by atoms with Crippen molar-refractivity contribution in [2.45, 2.75) is 39.0 Å². The molecule has 5 heteroatoms. The summed E-state index contributed by atoms with van der Waals surface area (Å²) in [6, 6.07) is 6.96. The topological polar surface area (TPSA) is 41.0 Å². The molecule has 1 saturated heterocycles. The van der Waals surface area contributed by atoms with Crippen molar-refractivity contribution in [2.24, 2.45) is 13.0 Å². The summed E-state index contributed by atoms with van der Waals surface area (Å²) >= 11 is 0. The monoisotopic (exact) mass is 381 g/mol. The van der Waals surface area contributed by atoms with Crippen LogP contribution in [-0.4, -0.2) is 33.4 Å². The smallest absolute Gasteiger partial charge is 0.270 e. The van der Waals surface area contributed by atoms with Gasteiger partial charge in [0.05, 0.1) is 0 Å². The highest BCUT2D eigenvalue weighted by Gasteiger charge is 2.27. The van der Waals surface area contributed by atoms with E-state index in [1.54, 1.807) is 6.07 Å². The maximum atomic E-state index is 13.4.